The molecule has 0 atom stereocenters. The van der Waals surface area contributed by atoms with E-state index in [1.807, 2.05) is 0 Å². The maximum atomic E-state index is 3.97. The predicted molar refractivity (Wildman–Crippen MR) is 89.7 cm³/mol. The van der Waals surface area contributed by atoms with E-state index >= 15 is 0 Å². The van der Waals surface area contributed by atoms with Crippen LogP contribution in [-0.4, -0.2) is 20.6 Å². The molecule has 0 radical (unpaired) electrons. The third-order valence-electron chi connectivity index (χ3n) is 4.10. The minimum atomic E-state index is 0.805. The summed E-state index contributed by atoms with van der Waals surface area (Å²) in [5.74, 6) is 0.805. The summed E-state index contributed by atoms with van der Waals surface area (Å²) in [6.45, 7) is 2.27. The van der Waals surface area contributed by atoms with Gasteiger partial charge in [-0.1, -0.05) is 68.5 Å². The standard InChI is InChI=1S/C18H28N4/c1-2-3-4-5-6-7-9-16-12-14-17(15-13-16)10-8-11-18-19-21-22-20-18/h12-15H,2-11H2,1H3,(H,19,20,21,22). The summed E-state index contributed by atoms with van der Waals surface area (Å²) in [5.41, 5.74) is 2.87. The van der Waals surface area contributed by atoms with Crippen LogP contribution in [0.2, 0.25) is 0 Å². The molecular weight excluding hydrogens is 272 g/mol. The van der Waals surface area contributed by atoms with Crippen LogP contribution in [0.15, 0.2) is 24.3 Å². The Morgan fingerprint density at radius 1 is 0.773 bits per heavy atom. The molecule has 2 aromatic rings. The zero-order valence-electron chi connectivity index (χ0n) is 13.7. The fourth-order valence-corrected chi connectivity index (χ4v) is 2.72. The second-order valence-corrected chi connectivity index (χ2v) is 6.02. The van der Waals surface area contributed by atoms with Gasteiger partial charge < -0.3 is 0 Å². The topological polar surface area (TPSA) is 54.5 Å². The van der Waals surface area contributed by atoms with Gasteiger partial charge in [0, 0.05) is 6.42 Å². The highest BCUT2D eigenvalue weighted by Gasteiger charge is 2.00. The van der Waals surface area contributed by atoms with Crippen molar-refractivity contribution < 1.29 is 0 Å². The SMILES string of the molecule is CCCCCCCCc1ccc(CCCc2nn[nH]n2)cc1. The van der Waals surface area contributed by atoms with Gasteiger partial charge in [-0.15, -0.1) is 10.2 Å². The van der Waals surface area contributed by atoms with E-state index in [4.69, 9.17) is 0 Å². The highest BCUT2D eigenvalue weighted by atomic mass is 15.5. The molecule has 1 aromatic heterocycles. The van der Waals surface area contributed by atoms with Crippen LogP contribution in [0.25, 0.3) is 0 Å². The number of aromatic amines is 1. The van der Waals surface area contributed by atoms with Gasteiger partial charge in [0.2, 0.25) is 0 Å². The lowest BCUT2D eigenvalue weighted by atomic mass is 10.0. The second kappa shape index (κ2) is 10.1. The number of aromatic nitrogens is 4. The van der Waals surface area contributed by atoms with E-state index in [1.54, 1.807) is 0 Å². The average Bonchev–Trinajstić information content (AvgIpc) is 3.05. The molecule has 0 aliphatic heterocycles. The van der Waals surface area contributed by atoms with Gasteiger partial charge in [0.25, 0.3) is 0 Å². The first kappa shape index (κ1) is 16.7. The molecule has 0 aliphatic carbocycles. The maximum absolute atomic E-state index is 3.97. The molecule has 4 heteroatoms. The normalized spacial score (nSPS) is 11.0. The van der Waals surface area contributed by atoms with Gasteiger partial charge >= 0.3 is 0 Å². The Bertz CT molecular complexity index is 490. The molecule has 22 heavy (non-hydrogen) atoms. The number of rotatable bonds is 11. The Morgan fingerprint density at radius 2 is 1.41 bits per heavy atom. The number of nitrogens with one attached hydrogen (secondary N) is 1. The summed E-state index contributed by atoms with van der Waals surface area (Å²) in [5, 5.41) is 14.0. The average molecular weight is 300 g/mol. The fourth-order valence-electron chi connectivity index (χ4n) is 2.72. The van der Waals surface area contributed by atoms with Crippen molar-refractivity contribution in [3.63, 3.8) is 0 Å². The van der Waals surface area contributed by atoms with Crippen molar-refractivity contribution in [1.82, 2.24) is 20.6 Å². The minimum absolute atomic E-state index is 0.805. The lowest BCUT2D eigenvalue weighted by Gasteiger charge is -2.04. The van der Waals surface area contributed by atoms with Crippen LogP contribution in [0.1, 0.15) is 68.8 Å². The minimum Gasteiger partial charge on any atom is -0.177 e. The highest BCUT2D eigenvalue weighted by molar-refractivity contribution is 5.22. The molecule has 2 rings (SSSR count). The zero-order valence-corrected chi connectivity index (χ0v) is 13.7. The summed E-state index contributed by atoms with van der Waals surface area (Å²) < 4.78 is 0. The molecule has 0 saturated heterocycles. The highest BCUT2D eigenvalue weighted by Crippen LogP contribution is 2.12. The zero-order chi connectivity index (χ0) is 15.5. The smallest absolute Gasteiger partial charge is 0.174 e. The van der Waals surface area contributed by atoms with Gasteiger partial charge in [-0.3, -0.25) is 0 Å². The third-order valence-corrected chi connectivity index (χ3v) is 4.10. The Kier molecular flexibility index (Phi) is 7.64. The monoisotopic (exact) mass is 300 g/mol. The van der Waals surface area contributed by atoms with Crippen LogP contribution in [-0.2, 0) is 19.3 Å². The fraction of sp³-hybridized carbons (Fsp3) is 0.611. The van der Waals surface area contributed by atoms with Gasteiger partial charge in [-0.25, -0.2) is 0 Å². The summed E-state index contributed by atoms with van der Waals surface area (Å²) in [6.07, 6.45) is 12.4. The lowest BCUT2D eigenvalue weighted by Crippen LogP contribution is -1.93. The van der Waals surface area contributed by atoms with Crippen molar-refractivity contribution in [2.24, 2.45) is 0 Å². The lowest BCUT2D eigenvalue weighted by molar-refractivity contribution is 0.607. The molecule has 0 aliphatic rings. The number of H-pyrrole nitrogens is 1. The van der Waals surface area contributed by atoms with E-state index in [0.717, 1.165) is 25.1 Å². The molecule has 0 spiro atoms. The van der Waals surface area contributed by atoms with Gasteiger partial charge in [-0.05, 0) is 36.8 Å². The van der Waals surface area contributed by atoms with E-state index in [9.17, 15) is 0 Å². The largest absolute Gasteiger partial charge is 0.177 e. The number of nitrogens with zero attached hydrogens (tertiary/aromatic N) is 3. The van der Waals surface area contributed by atoms with E-state index in [0.29, 0.717) is 0 Å². The van der Waals surface area contributed by atoms with Crippen molar-refractivity contribution in [3.05, 3.63) is 41.2 Å². The van der Waals surface area contributed by atoms with E-state index in [-0.39, 0.29) is 0 Å². The second-order valence-electron chi connectivity index (χ2n) is 6.02. The van der Waals surface area contributed by atoms with E-state index < -0.39 is 0 Å². The number of benzene rings is 1. The Morgan fingerprint density at radius 3 is 2.05 bits per heavy atom. The Hall–Kier alpha value is -1.71. The molecule has 0 bridgehead atoms. The molecule has 0 amide bonds. The van der Waals surface area contributed by atoms with E-state index in [2.05, 4.69) is 51.8 Å². The first-order valence-corrected chi connectivity index (χ1v) is 8.68. The summed E-state index contributed by atoms with van der Waals surface area (Å²) in [4.78, 5) is 0. The summed E-state index contributed by atoms with van der Waals surface area (Å²) in [7, 11) is 0. The first-order valence-electron chi connectivity index (χ1n) is 8.68. The molecule has 1 heterocycles. The van der Waals surface area contributed by atoms with Crippen LogP contribution in [0.5, 0.6) is 0 Å². The van der Waals surface area contributed by atoms with Crippen LogP contribution in [0, 0.1) is 0 Å². The third kappa shape index (κ3) is 6.37. The van der Waals surface area contributed by atoms with Crippen molar-refractivity contribution in [2.45, 2.75) is 71.1 Å². The molecule has 0 saturated carbocycles. The molecule has 4 nitrogen and oxygen atoms in total. The van der Waals surface area contributed by atoms with Gasteiger partial charge in [-0.2, -0.15) is 5.21 Å². The van der Waals surface area contributed by atoms with Crippen molar-refractivity contribution in [3.8, 4) is 0 Å². The molecular formula is C18H28N4. The number of tetrazole rings is 1. The predicted octanol–water partition coefficient (Wildman–Crippen LogP) is 4.28. The number of hydrogen-bond acceptors (Lipinski definition) is 3. The number of aryl methyl sites for hydroxylation is 3. The Labute approximate surface area is 133 Å². The van der Waals surface area contributed by atoms with Crippen LogP contribution in [0.4, 0.5) is 0 Å². The van der Waals surface area contributed by atoms with Crippen molar-refractivity contribution >= 4 is 0 Å². The van der Waals surface area contributed by atoms with Crippen molar-refractivity contribution in [2.75, 3.05) is 0 Å². The summed E-state index contributed by atoms with van der Waals surface area (Å²) in [6, 6.07) is 9.11. The van der Waals surface area contributed by atoms with Crippen LogP contribution < -0.4 is 0 Å². The Balaban J connectivity index is 1.60. The molecule has 0 unspecified atom stereocenters. The summed E-state index contributed by atoms with van der Waals surface area (Å²) >= 11 is 0. The van der Waals surface area contributed by atoms with Gasteiger partial charge in [0.1, 0.15) is 0 Å². The number of hydrogen-bond donors (Lipinski definition) is 1. The molecule has 1 aromatic carbocycles. The maximum Gasteiger partial charge on any atom is 0.174 e. The molecule has 0 fully saturated rings. The number of unbranched alkanes of at least 4 members (excludes halogenated alkanes) is 5. The van der Waals surface area contributed by atoms with Crippen LogP contribution in [0.3, 0.4) is 0 Å². The molecule has 1 N–H and O–H groups in total. The van der Waals surface area contributed by atoms with Gasteiger partial charge in [0.05, 0.1) is 0 Å². The molecule has 120 valence electrons. The van der Waals surface area contributed by atoms with E-state index in [1.165, 1.54) is 56.1 Å². The van der Waals surface area contributed by atoms with Crippen LogP contribution >= 0.6 is 0 Å². The van der Waals surface area contributed by atoms with Crippen molar-refractivity contribution in [1.29, 1.82) is 0 Å². The first-order chi connectivity index (χ1) is 10.9. The quantitative estimate of drug-likeness (QED) is 0.630. The van der Waals surface area contributed by atoms with Gasteiger partial charge in [0.15, 0.2) is 5.82 Å².